The highest BCUT2D eigenvalue weighted by atomic mass is 15.1. The van der Waals surface area contributed by atoms with E-state index in [2.05, 4.69) is 60.9 Å². The van der Waals surface area contributed by atoms with E-state index in [0.717, 1.165) is 50.3 Å². The SMILES string of the molecule is C=C(Nc1cncc(-c2cc3c(-c4nc5ccncc5[nH]4)n[nH]c3cn2)c1)C(C)C. The largest absolute Gasteiger partial charge is 0.358 e. The number of imidazole rings is 1. The number of aromatic nitrogens is 7. The van der Waals surface area contributed by atoms with Gasteiger partial charge in [0, 0.05) is 29.0 Å². The molecule has 0 aliphatic carbocycles. The molecule has 5 heterocycles. The van der Waals surface area contributed by atoms with Gasteiger partial charge in [-0.3, -0.25) is 20.1 Å². The van der Waals surface area contributed by atoms with Gasteiger partial charge in [-0.05, 0) is 24.1 Å². The molecule has 8 nitrogen and oxygen atoms in total. The zero-order valence-corrected chi connectivity index (χ0v) is 16.6. The molecule has 0 atom stereocenters. The third-order valence-corrected chi connectivity index (χ3v) is 4.99. The second-order valence-corrected chi connectivity index (χ2v) is 7.43. The van der Waals surface area contributed by atoms with Crippen LogP contribution in [0, 0.1) is 5.92 Å². The smallest absolute Gasteiger partial charge is 0.159 e. The van der Waals surface area contributed by atoms with Crippen LogP contribution in [0.15, 0.2) is 61.5 Å². The monoisotopic (exact) mass is 396 g/mol. The van der Waals surface area contributed by atoms with Crippen molar-refractivity contribution in [2.45, 2.75) is 13.8 Å². The molecule has 5 aromatic rings. The molecule has 8 heteroatoms. The number of hydrogen-bond donors (Lipinski definition) is 3. The fourth-order valence-corrected chi connectivity index (χ4v) is 3.20. The molecule has 0 saturated heterocycles. The Balaban J connectivity index is 1.55. The summed E-state index contributed by atoms with van der Waals surface area (Å²) < 4.78 is 0. The lowest BCUT2D eigenvalue weighted by Gasteiger charge is -2.13. The summed E-state index contributed by atoms with van der Waals surface area (Å²) in [5, 5.41) is 11.7. The van der Waals surface area contributed by atoms with E-state index in [9.17, 15) is 0 Å². The summed E-state index contributed by atoms with van der Waals surface area (Å²) in [4.78, 5) is 21.0. The van der Waals surface area contributed by atoms with E-state index in [0.29, 0.717) is 11.7 Å². The molecule has 0 aliphatic heterocycles. The molecular formula is C22H20N8. The van der Waals surface area contributed by atoms with Crippen LogP contribution >= 0.6 is 0 Å². The van der Waals surface area contributed by atoms with Crippen molar-refractivity contribution in [3.63, 3.8) is 0 Å². The fourth-order valence-electron chi connectivity index (χ4n) is 3.20. The van der Waals surface area contributed by atoms with Gasteiger partial charge in [-0.15, -0.1) is 0 Å². The Morgan fingerprint density at radius 2 is 1.97 bits per heavy atom. The fraction of sp³-hybridized carbons (Fsp3) is 0.136. The molecule has 0 spiro atoms. The first-order chi connectivity index (χ1) is 14.6. The summed E-state index contributed by atoms with van der Waals surface area (Å²) in [5.74, 6) is 1.01. The number of pyridine rings is 3. The Morgan fingerprint density at radius 1 is 1.07 bits per heavy atom. The average Bonchev–Trinajstić information content (AvgIpc) is 3.37. The first-order valence-corrected chi connectivity index (χ1v) is 9.64. The Kier molecular flexibility index (Phi) is 4.24. The number of allylic oxidation sites excluding steroid dienone is 1. The van der Waals surface area contributed by atoms with E-state index < -0.39 is 0 Å². The van der Waals surface area contributed by atoms with E-state index in [4.69, 9.17) is 0 Å². The number of rotatable bonds is 5. The van der Waals surface area contributed by atoms with Crippen molar-refractivity contribution in [3.05, 3.63) is 61.5 Å². The van der Waals surface area contributed by atoms with Crippen molar-refractivity contribution in [2.24, 2.45) is 5.92 Å². The number of anilines is 1. The molecule has 3 N–H and O–H groups in total. The summed E-state index contributed by atoms with van der Waals surface area (Å²) >= 11 is 0. The van der Waals surface area contributed by atoms with Crippen LogP contribution in [0.2, 0.25) is 0 Å². The number of H-pyrrole nitrogens is 2. The third kappa shape index (κ3) is 3.18. The van der Waals surface area contributed by atoms with Crippen LogP contribution in [0.3, 0.4) is 0 Å². The molecule has 0 aromatic carbocycles. The number of aromatic amines is 2. The van der Waals surface area contributed by atoms with Crippen LogP contribution in [0.25, 0.3) is 44.7 Å². The Labute approximate surface area is 172 Å². The van der Waals surface area contributed by atoms with Crippen LogP contribution in [-0.4, -0.2) is 35.1 Å². The van der Waals surface area contributed by atoms with Crippen LogP contribution in [0.5, 0.6) is 0 Å². The minimum atomic E-state index is 0.329. The first kappa shape index (κ1) is 18.0. The molecule has 148 valence electrons. The van der Waals surface area contributed by atoms with Gasteiger partial charge in [-0.1, -0.05) is 20.4 Å². The number of fused-ring (bicyclic) bond motifs is 2. The molecule has 0 amide bonds. The molecule has 0 saturated carbocycles. The Hall–Kier alpha value is -4.07. The minimum absolute atomic E-state index is 0.329. The van der Waals surface area contributed by atoms with Crippen molar-refractivity contribution in [1.82, 2.24) is 35.1 Å². The molecule has 0 unspecified atom stereocenters. The third-order valence-electron chi connectivity index (χ3n) is 4.99. The summed E-state index contributed by atoms with van der Waals surface area (Å²) in [6, 6.07) is 5.88. The van der Waals surface area contributed by atoms with Crippen LogP contribution < -0.4 is 5.32 Å². The zero-order valence-electron chi connectivity index (χ0n) is 16.6. The van der Waals surface area contributed by atoms with Crippen molar-refractivity contribution in [3.8, 4) is 22.8 Å². The van der Waals surface area contributed by atoms with E-state index in [-0.39, 0.29) is 0 Å². The maximum Gasteiger partial charge on any atom is 0.159 e. The van der Waals surface area contributed by atoms with Crippen molar-refractivity contribution < 1.29 is 0 Å². The zero-order chi connectivity index (χ0) is 20.7. The molecule has 0 fully saturated rings. The van der Waals surface area contributed by atoms with Gasteiger partial charge in [0.15, 0.2) is 5.82 Å². The van der Waals surface area contributed by atoms with E-state index in [1.807, 2.05) is 18.2 Å². The summed E-state index contributed by atoms with van der Waals surface area (Å²) in [6.45, 7) is 8.26. The van der Waals surface area contributed by atoms with Gasteiger partial charge in [-0.25, -0.2) is 4.98 Å². The van der Waals surface area contributed by atoms with E-state index in [1.54, 1.807) is 31.0 Å². The van der Waals surface area contributed by atoms with Crippen LogP contribution in [0.4, 0.5) is 5.69 Å². The average molecular weight is 396 g/mol. The summed E-state index contributed by atoms with van der Waals surface area (Å²) in [5.41, 5.74) is 6.81. The summed E-state index contributed by atoms with van der Waals surface area (Å²) in [6.07, 6.45) is 8.83. The maximum absolute atomic E-state index is 4.64. The van der Waals surface area contributed by atoms with Crippen molar-refractivity contribution >= 4 is 27.6 Å². The van der Waals surface area contributed by atoms with Gasteiger partial charge in [0.05, 0.1) is 46.5 Å². The van der Waals surface area contributed by atoms with Gasteiger partial charge in [0.2, 0.25) is 0 Å². The Bertz CT molecular complexity index is 1350. The van der Waals surface area contributed by atoms with Crippen LogP contribution in [-0.2, 0) is 0 Å². The molecule has 30 heavy (non-hydrogen) atoms. The minimum Gasteiger partial charge on any atom is -0.358 e. The van der Waals surface area contributed by atoms with E-state index in [1.165, 1.54) is 0 Å². The van der Waals surface area contributed by atoms with Gasteiger partial charge in [-0.2, -0.15) is 5.10 Å². The van der Waals surface area contributed by atoms with Crippen molar-refractivity contribution in [1.29, 1.82) is 0 Å². The van der Waals surface area contributed by atoms with Gasteiger partial charge in [0.1, 0.15) is 5.69 Å². The van der Waals surface area contributed by atoms with Gasteiger partial charge < -0.3 is 10.3 Å². The maximum atomic E-state index is 4.64. The quantitative estimate of drug-likeness (QED) is 0.402. The molecule has 0 aliphatic rings. The second-order valence-electron chi connectivity index (χ2n) is 7.43. The molecule has 0 radical (unpaired) electrons. The molecular weight excluding hydrogens is 376 g/mol. The first-order valence-electron chi connectivity index (χ1n) is 9.64. The lowest BCUT2D eigenvalue weighted by Crippen LogP contribution is -2.04. The highest BCUT2D eigenvalue weighted by Gasteiger charge is 2.14. The number of nitrogens with zero attached hydrogens (tertiary/aromatic N) is 5. The molecule has 5 rings (SSSR count). The Morgan fingerprint density at radius 3 is 2.80 bits per heavy atom. The van der Waals surface area contributed by atoms with Crippen LogP contribution in [0.1, 0.15) is 13.8 Å². The lowest BCUT2D eigenvalue weighted by molar-refractivity contribution is 0.778. The van der Waals surface area contributed by atoms with E-state index >= 15 is 0 Å². The number of nitrogens with one attached hydrogen (secondary N) is 3. The lowest BCUT2D eigenvalue weighted by atomic mass is 10.1. The predicted octanol–water partition coefficient (Wildman–Crippen LogP) is 4.54. The summed E-state index contributed by atoms with van der Waals surface area (Å²) in [7, 11) is 0. The highest BCUT2D eigenvalue weighted by molar-refractivity contribution is 5.94. The highest BCUT2D eigenvalue weighted by Crippen LogP contribution is 2.29. The molecule has 5 aromatic heterocycles. The second kappa shape index (κ2) is 7.07. The standard InChI is InChI=1S/C22H20N8/c1-12(2)13(3)26-15-6-14(8-24-9-15)18-7-16-19(11-25-18)29-30-21(16)22-27-17-4-5-23-10-20(17)28-22/h4-12,26H,3H2,1-2H3,(H,27,28)(H,29,30). The van der Waals surface area contributed by atoms with Crippen molar-refractivity contribution in [2.75, 3.05) is 5.32 Å². The normalized spacial score (nSPS) is 11.4. The predicted molar refractivity (Wildman–Crippen MR) is 118 cm³/mol. The number of hydrogen-bond acceptors (Lipinski definition) is 6. The molecule has 0 bridgehead atoms. The van der Waals surface area contributed by atoms with Gasteiger partial charge in [0.25, 0.3) is 0 Å². The topological polar surface area (TPSA) is 108 Å². The van der Waals surface area contributed by atoms with Gasteiger partial charge >= 0.3 is 0 Å².